The van der Waals surface area contributed by atoms with Crippen LogP contribution in [-0.4, -0.2) is 55.0 Å². The lowest BCUT2D eigenvalue weighted by Crippen LogP contribution is -2.46. The van der Waals surface area contributed by atoms with Crippen molar-refractivity contribution >= 4 is 24.0 Å². The van der Waals surface area contributed by atoms with Crippen molar-refractivity contribution in [1.82, 2.24) is 15.5 Å². The van der Waals surface area contributed by atoms with Gasteiger partial charge in [0.25, 0.3) is 11.6 Å². The van der Waals surface area contributed by atoms with Crippen molar-refractivity contribution in [2.75, 3.05) is 39.3 Å². The molecule has 1 fully saturated rings. The van der Waals surface area contributed by atoms with E-state index >= 15 is 0 Å². The molecule has 1 amide bonds. The molecule has 1 aliphatic heterocycles. The molecule has 140 valence electrons. The average molecular weight is 383 g/mol. The molecule has 0 aromatic heterocycles. The van der Waals surface area contributed by atoms with E-state index in [1.807, 2.05) is 0 Å². The number of carbonyl (C=O) groups is 1. The third-order valence-electron chi connectivity index (χ3n) is 3.69. The number of nitrogens with zero attached hydrogens (tertiary/aromatic N) is 2. The van der Waals surface area contributed by atoms with E-state index in [-0.39, 0.29) is 24.5 Å². The number of hydrogen-bond donors (Lipinski definition) is 2. The molecule has 0 bridgehead atoms. The van der Waals surface area contributed by atoms with E-state index in [0.29, 0.717) is 18.7 Å². The number of carbonyl (C=O) groups excluding carboxylic acids is 1. The number of piperazine rings is 1. The summed E-state index contributed by atoms with van der Waals surface area (Å²) in [5, 5.41) is 16.7. The number of nitrogens with one attached hydrogen (secondary N) is 2. The quantitative estimate of drug-likeness (QED) is 0.597. The number of nitro benzene ring substituents is 1. The van der Waals surface area contributed by atoms with E-state index in [9.17, 15) is 28.1 Å². The van der Waals surface area contributed by atoms with Crippen molar-refractivity contribution in [1.29, 1.82) is 0 Å². The molecule has 2 rings (SSSR count). The second-order valence-corrected chi connectivity index (χ2v) is 5.33. The second-order valence-electron chi connectivity index (χ2n) is 5.33. The van der Waals surface area contributed by atoms with E-state index in [0.717, 1.165) is 32.2 Å². The molecule has 0 aliphatic carbocycles. The van der Waals surface area contributed by atoms with Gasteiger partial charge in [0, 0.05) is 45.3 Å². The summed E-state index contributed by atoms with van der Waals surface area (Å²) >= 11 is 0. The number of hydrogen-bond acceptors (Lipinski definition) is 5. The van der Waals surface area contributed by atoms with Gasteiger partial charge in [-0.25, -0.2) is 0 Å². The van der Waals surface area contributed by atoms with Gasteiger partial charge in [-0.3, -0.25) is 19.8 Å². The Balaban J connectivity index is 0.00000312. The maximum Gasteiger partial charge on any atom is 0.416 e. The molecule has 1 aliphatic rings. The molecule has 1 saturated heterocycles. The van der Waals surface area contributed by atoms with Gasteiger partial charge in [-0.15, -0.1) is 12.4 Å². The number of rotatable bonds is 5. The minimum absolute atomic E-state index is 0. The number of amides is 1. The van der Waals surface area contributed by atoms with Gasteiger partial charge in [-0.05, 0) is 12.1 Å². The predicted octanol–water partition coefficient (Wildman–Crippen LogP) is 1.67. The Morgan fingerprint density at radius 2 is 1.96 bits per heavy atom. The van der Waals surface area contributed by atoms with Crippen molar-refractivity contribution < 1.29 is 22.9 Å². The minimum atomic E-state index is -4.71. The fraction of sp³-hybridized carbons (Fsp3) is 0.500. The molecule has 0 spiro atoms. The summed E-state index contributed by atoms with van der Waals surface area (Å²) in [7, 11) is 0. The Hall–Kier alpha value is -1.91. The second kappa shape index (κ2) is 8.97. The molecule has 1 aromatic carbocycles. The van der Waals surface area contributed by atoms with Gasteiger partial charge in [0.05, 0.1) is 10.5 Å². The first kappa shape index (κ1) is 21.1. The van der Waals surface area contributed by atoms with Crippen LogP contribution >= 0.6 is 12.4 Å². The molecular formula is C14H18ClF3N4O3. The average Bonchev–Trinajstić information content (AvgIpc) is 2.54. The van der Waals surface area contributed by atoms with Gasteiger partial charge in [-0.1, -0.05) is 0 Å². The highest BCUT2D eigenvalue weighted by atomic mass is 35.5. The van der Waals surface area contributed by atoms with Crippen molar-refractivity contribution in [3.63, 3.8) is 0 Å². The summed E-state index contributed by atoms with van der Waals surface area (Å²) in [5.41, 5.74) is -2.40. The van der Waals surface area contributed by atoms with Crippen molar-refractivity contribution in [3.8, 4) is 0 Å². The maximum atomic E-state index is 12.6. The molecule has 0 radical (unpaired) electrons. The zero-order valence-corrected chi connectivity index (χ0v) is 14.0. The van der Waals surface area contributed by atoms with Crippen LogP contribution < -0.4 is 10.6 Å². The van der Waals surface area contributed by atoms with Crippen LogP contribution in [0, 0.1) is 10.1 Å². The Bertz CT molecular complexity index is 622. The van der Waals surface area contributed by atoms with Gasteiger partial charge in [0.1, 0.15) is 5.56 Å². The zero-order valence-electron chi connectivity index (χ0n) is 13.1. The first-order valence-electron chi connectivity index (χ1n) is 7.36. The topological polar surface area (TPSA) is 87.5 Å². The zero-order chi connectivity index (χ0) is 17.7. The van der Waals surface area contributed by atoms with Gasteiger partial charge < -0.3 is 10.6 Å². The monoisotopic (exact) mass is 382 g/mol. The van der Waals surface area contributed by atoms with E-state index < -0.39 is 28.3 Å². The molecule has 0 atom stereocenters. The summed E-state index contributed by atoms with van der Waals surface area (Å²) in [6, 6.07) is 1.88. The number of benzene rings is 1. The first-order valence-corrected chi connectivity index (χ1v) is 7.36. The molecule has 1 aromatic rings. The highest BCUT2D eigenvalue weighted by molar-refractivity contribution is 5.98. The van der Waals surface area contributed by atoms with Crippen LogP contribution in [0.5, 0.6) is 0 Å². The smallest absolute Gasteiger partial charge is 0.351 e. The SMILES string of the molecule is Cl.O=C(NCCN1CCNCC1)c1ccc(C(F)(F)F)cc1[N+](=O)[O-]. The van der Waals surface area contributed by atoms with Crippen LogP contribution in [-0.2, 0) is 6.18 Å². The first-order chi connectivity index (χ1) is 11.3. The summed E-state index contributed by atoms with van der Waals surface area (Å²) in [6.07, 6.45) is -4.71. The number of nitro groups is 1. The van der Waals surface area contributed by atoms with E-state index in [4.69, 9.17) is 0 Å². The molecule has 7 nitrogen and oxygen atoms in total. The molecule has 25 heavy (non-hydrogen) atoms. The minimum Gasteiger partial charge on any atom is -0.351 e. The van der Waals surface area contributed by atoms with Crippen LogP contribution in [0.25, 0.3) is 0 Å². The van der Waals surface area contributed by atoms with E-state index in [1.165, 1.54) is 0 Å². The molecular weight excluding hydrogens is 365 g/mol. The van der Waals surface area contributed by atoms with E-state index in [2.05, 4.69) is 15.5 Å². The van der Waals surface area contributed by atoms with Crippen molar-refractivity contribution in [3.05, 3.63) is 39.4 Å². The third kappa shape index (κ3) is 5.83. The van der Waals surface area contributed by atoms with Gasteiger partial charge in [0.2, 0.25) is 0 Å². The normalized spacial score (nSPS) is 15.3. The standard InChI is InChI=1S/C14H17F3N4O3.ClH/c15-14(16,17)10-1-2-11(12(9-10)21(23)24)13(22)19-5-8-20-6-3-18-4-7-20;/h1-2,9,18H,3-8H2,(H,19,22);1H. The summed E-state index contributed by atoms with van der Waals surface area (Å²) in [6.45, 7) is 4.18. The Labute approximate surface area is 148 Å². The number of alkyl halides is 3. The van der Waals surface area contributed by atoms with Gasteiger partial charge >= 0.3 is 6.18 Å². The van der Waals surface area contributed by atoms with Crippen LogP contribution in [0.4, 0.5) is 18.9 Å². The fourth-order valence-electron chi connectivity index (χ4n) is 2.41. The molecule has 2 N–H and O–H groups in total. The van der Waals surface area contributed by atoms with Crippen LogP contribution in [0.3, 0.4) is 0 Å². The fourth-order valence-corrected chi connectivity index (χ4v) is 2.41. The predicted molar refractivity (Wildman–Crippen MR) is 87.0 cm³/mol. The van der Waals surface area contributed by atoms with E-state index in [1.54, 1.807) is 0 Å². The van der Waals surface area contributed by atoms with Crippen molar-refractivity contribution in [2.45, 2.75) is 6.18 Å². The summed E-state index contributed by atoms with van der Waals surface area (Å²) in [5.74, 6) is -0.759. The summed E-state index contributed by atoms with van der Waals surface area (Å²) < 4.78 is 37.9. The van der Waals surface area contributed by atoms with Gasteiger partial charge in [0.15, 0.2) is 0 Å². The Morgan fingerprint density at radius 3 is 2.52 bits per heavy atom. The molecule has 11 heteroatoms. The van der Waals surface area contributed by atoms with Crippen LogP contribution in [0.15, 0.2) is 18.2 Å². The molecule has 1 heterocycles. The largest absolute Gasteiger partial charge is 0.416 e. The third-order valence-corrected chi connectivity index (χ3v) is 3.69. The Morgan fingerprint density at radius 1 is 1.32 bits per heavy atom. The van der Waals surface area contributed by atoms with Crippen LogP contribution in [0.1, 0.15) is 15.9 Å². The highest BCUT2D eigenvalue weighted by Crippen LogP contribution is 2.32. The lowest BCUT2D eigenvalue weighted by Gasteiger charge is -2.27. The van der Waals surface area contributed by atoms with Crippen molar-refractivity contribution in [2.24, 2.45) is 0 Å². The van der Waals surface area contributed by atoms with Crippen LogP contribution in [0.2, 0.25) is 0 Å². The molecule has 0 unspecified atom stereocenters. The maximum absolute atomic E-state index is 12.6. The molecule has 0 saturated carbocycles. The Kier molecular flexibility index (Phi) is 7.59. The highest BCUT2D eigenvalue weighted by Gasteiger charge is 2.34. The lowest BCUT2D eigenvalue weighted by molar-refractivity contribution is -0.385. The number of halogens is 4. The van der Waals surface area contributed by atoms with Gasteiger partial charge in [-0.2, -0.15) is 13.2 Å². The lowest BCUT2D eigenvalue weighted by atomic mass is 10.1. The summed E-state index contributed by atoms with van der Waals surface area (Å²) in [4.78, 5) is 24.1.